The van der Waals surface area contributed by atoms with Crippen LogP contribution in [-0.2, 0) is 45.4 Å². The van der Waals surface area contributed by atoms with Crippen molar-refractivity contribution < 1.29 is 85.4 Å². The molecule has 0 amide bonds. The second-order valence-corrected chi connectivity index (χ2v) is 17.8. The van der Waals surface area contributed by atoms with Crippen LogP contribution in [0.1, 0.15) is 12.5 Å². The van der Waals surface area contributed by atoms with Gasteiger partial charge in [-0.2, -0.15) is 0 Å². The molecule has 0 aliphatic rings. The molecule has 8 unspecified atom stereocenters. The zero-order chi connectivity index (χ0) is 39.2. The summed E-state index contributed by atoms with van der Waals surface area (Å²) >= 11 is 0. The topological polar surface area (TPSA) is 425 Å². The zero-order valence-corrected chi connectivity index (χ0v) is 30.3. The summed E-state index contributed by atoms with van der Waals surface area (Å²) in [6.07, 6.45) is -1.13. The lowest BCUT2D eigenvalue weighted by Gasteiger charge is -2.25. The lowest BCUT2D eigenvalue weighted by Crippen LogP contribution is -2.29. The lowest BCUT2D eigenvalue weighted by molar-refractivity contribution is -0.109. The maximum Gasteiger partial charge on any atom is 0.479 e. The molecule has 4 heterocycles. The maximum atomic E-state index is 12.5. The standard InChI is InChI=1S/C21H34N10O18P4/c22-18-16-20(26-7-24-18)30(9-28-16)14(3-34)46-12(1-32)5-44-52(40,41)48-50(36,37)11-51(38,39)49-53(42,43)45-6-13(2-33)47-15(4-35)31-10-29-17-19(23)25-8-27-21(17)31/h7-10,12-15,32-35H,1-6,11H2,(H,36,37)(H,38,39)(H,40,41)(H,42,43)(H2,22,24,26)(H2,23,25,27). The number of phosphoric ester groups is 2. The number of hydrogen-bond acceptors (Lipinski definition) is 22. The first kappa shape index (κ1) is 42.8. The number of rotatable bonds is 22. The highest BCUT2D eigenvalue weighted by molar-refractivity contribution is 7.76. The number of nitrogens with zero attached hydrogens (tertiary/aromatic N) is 8. The Kier molecular flexibility index (Phi) is 14.3. The number of aromatic nitrogens is 8. The first-order chi connectivity index (χ1) is 24.8. The average Bonchev–Trinajstić information content (AvgIpc) is 3.70. The molecule has 0 spiro atoms. The van der Waals surface area contributed by atoms with E-state index < -0.39 is 101 Å². The molecule has 0 radical (unpaired) electrons. The van der Waals surface area contributed by atoms with Crippen LogP contribution in [0.4, 0.5) is 11.6 Å². The van der Waals surface area contributed by atoms with Crippen LogP contribution in [0.2, 0.25) is 0 Å². The van der Waals surface area contributed by atoms with Crippen LogP contribution in [-0.4, -0.2) is 137 Å². The summed E-state index contributed by atoms with van der Waals surface area (Å²) in [7, 11) is -22.6. The van der Waals surface area contributed by atoms with Crippen LogP contribution in [0.15, 0.2) is 25.3 Å². The Balaban J connectivity index is 1.30. The molecule has 12 N–H and O–H groups in total. The molecule has 0 saturated heterocycles. The third kappa shape index (κ3) is 11.5. The zero-order valence-electron chi connectivity index (χ0n) is 26.8. The lowest BCUT2D eigenvalue weighted by atomic mass is 10.4. The fraction of sp³-hybridized carbons (Fsp3) is 0.524. The Labute approximate surface area is 296 Å². The molecule has 53 heavy (non-hydrogen) atoms. The molecule has 0 aliphatic heterocycles. The van der Waals surface area contributed by atoms with Gasteiger partial charge in [-0.1, -0.05) is 0 Å². The molecule has 8 atom stereocenters. The van der Waals surface area contributed by atoms with E-state index in [2.05, 4.69) is 47.6 Å². The van der Waals surface area contributed by atoms with Gasteiger partial charge in [0, 0.05) is 0 Å². The minimum absolute atomic E-state index is 0.00293. The summed E-state index contributed by atoms with van der Waals surface area (Å²) in [5.41, 5.74) is 12.0. The van der Waals surface area contributed by atoms with E-state index in [1.807, 2.05) is 0 Å². The first-order valence-electron chi connectivity index (χ1n) is 14.4. The van der Waals surface area contributed by atoms with Crippen LogP contribution in [0.3, 0.4) is 0 Å². The number of anilines is 2. The van der Waals surface area contributed by atoms with Gasteiger partial charge >= 0.3 is 30.8 Å². The molecule has 28 nitrogen and oxygen atoms in total. The quantitative estimate of drug-likeness (QED) is 0.0389. The third-order valence-corrected chi connectivity index (χ3v) is 14.0. The number of phosphoric acid groups is 2. The highest BCUT2D eigenvalue weighted by Crippen LogP contribution is 2.70. The second kappa shape index (κ2) is 17.7. The van der Waals surface area contributed by atoms with Crippen molar-refractivity contribution in [1.29, 1.82) is 0 Å². The van der Waals surface area contributed by atoms with Gasteiger partial charge in [0.1, 0.15) is 35.9 Å². The van der Waals surface area contributed by atoms with Gasteiger partial charge in [0.05, 0.1) is 52.3 Å². The number of hydrogen-bond donors (Lipinski definition) is 10. The van der Waals surface area contributed by atoms with Crippen LogP contribution < -0.4 is 11.5 Å². The molecule has 296 valence electrons. The van der Waals surface area contributed by atoms with Crippen LogP contribution in [0.25, 0.3) is 22.3 Å². The van der Waals surface area contributed by atoms with Gasteiger partial charge < -0.3 is 60.9 Å². The summed E-state index contributed by atoms with van der Waals surface area (Å²) in [6.45, 7) is -5.36. The summed E-state index contributed by atoms with van der Waals surface area (Å²) in [4.78, 5) is 63.6. The van der Waals surface area contributed by atoms with Gasteiger partial charge in [-0.15, -0.1) is 0 Å². The average molecular weight is 838 g/mol. The number of nitrogen functional groups attached to an aromatic ring is 2. The molecule has 0 aromatic carbocycles. The van der Waals surface area contributed by atoms with Crippen molar-refractivity contribution in [3.8, 4) is 0 Å². The van der Waals surface area contributed by atoms with E-state index in [4.69, 9.17) is 20.9 Å². The van der Waals surface area contributed by atoms with E-state index in [-0.39, 0.29) is 34.0 Å². The van der Waals surface area contributed by atoms with E-state index in [1.165, 1.54) is 21.8 Å². The molecular formula is C21H34N10O18P4. The van der Waals surface area contributed by atoms with Gasteiger partial charge in [0.25, 0.3) is 0 Å². The minimum Gasteiger partial charge on any atom is -0.394 e. The maximum absolute atomic E-state index is 12.5. The molecule has 4 aromatic rings. The number of fused-ring (bicyclic) bond motifs is 2. The van der Waals surface area contributed by atoms with Crippen molar-refractivity contribution in [2.24, 2.45) is 0 Å². The number of nitrogens with two attached hydrogens (primary N) is 2. The predicted molar refractivity (Wildman–Crippen MR) is 174 cm³/mol. The molecule has 4 aromatic heterocycles. The van der Waals surface area contributed by atoms with Crippen LogP contribution >= 0.6 is 30.8 Å². The van der Waals surface area contributed by atoms with Crippen LogP contribution in [0, 0.1) is 0 Å². The molecule has 0 bridgehead atoms. The minimum atomic E-state index is -5.68. The van der Waals surface area contributed by atoms with Crippen molar-refractivity contribution in [2.45, 2.75) is 24.7 Å². The fourth-order valence-electron chi connectivity index (χ4n) is 4.27. The summed E-state index contributed by atoms with van der Waals surface area (Å²) in [5, 5.41) is 39.0. The smallest absolute Gasteiger partial charge is 0.394 e. The number of imidazole rings is 2. The van der Waals surface area contributed by atoms with Crippen molar-refractivity contribution in [3.05, 3.63) is 25.3 Å². The van der Waals surface area contributed by atoms with Crippen molar-refractivity contribution >= 4 is 64.8 Å². The molecule has 0 aliphatic carbocycles. The van der Waals surface area contributed by atoms with Gasteiger partial charge in [0.15, 0.2) is 41.3 Å². The molecule has 0 saturated carbocycles. The Morgan fingerprint density at radius 3 is 1.32 bits per heavy atom. The highest BCUT2D eigenvalue weighted by atomic mass is 31.3. The number of aliphatic hydroxyl groups excluding tert-OH is 4. The Bertz CT molecular complexity index is 1910. The van der Waals surface area contributed by atoms with Gasteiger partial charge in [-0.05, 0) is 0 Å². The van der Waals surface area contributed by atoms with E-state index in [0.717, 1.165) is 12.7 Å². The summed E-state index contributed by atoms with van der Waals surface area (Å²) in [6, 6.07) is 0. The molecule has 4 rings (SSSR count). The van der Waals surface area contributed by atoms with Crippen molar-refractivity contribution in [2.75, 3.05) is 57.0 Å². The molecule has 32 heteroatoms. The number of ether oxygens (including phenoxy) is 2. The highest BCUT2D eigenvalue weighted by Gasteiger charge is 2.44. The Morgan fingerprint density at radius 2 is 0.981 bits per heavy atom. The molecule has 0 fully saturated rings. The van der Waals surface area contributed by atoms with Gasteiger partial charge in [-0.25, -0.2) is 47.7 Å². The Hall–Kier alpha value is -2.94. The normalized spacial score (nSPS) is 19.2. The predicted octanol–water partition coefficient (Wildman–Crippen LogP) is -1.84. The van der Waals surface area contributed by atoms with Crippen molar-refractivity contribution in [3.63, 3.8) is 0 Å². The van der Waals surface area contributed by atoms with E-state index in [0.29, 0.717) is 0 Å². The monoisotopic (exact) mass is 838 g/mol. The van der Waals surface area contributed by atoms with E-state index in [1.54, 1.807) is 0 Å². The fourth-order valence-corrected chi connectivity index (χ4v) is 11.1. The number of aliphatic hydroxyl groups is 4. The van der Waals surface area contributed by atoms with Crippen LogP contribution in [0.5, 0.6) is 0 Å². The summed E-state index contributed by atoms with van der Waals surface area (Å²) < 4.78 is 80.7. The van der Waals surface area contributed by atoms with E-state index in [9.17, 15) is 58.3 Å². The third-order valence-electron chi connectivity index (χ3n) is 6.48. The largest absolute Gasteiger partial charge is 0.479 e. The second-order valence-electron chi connectivity index (χ2n) is 10.4. The van der Waals surface area contributed by atoms with Gasteiger partial charge in [-0.3, -0.25) is 27.3 Å². The van der Waals surface area contributed by atoms with E-state index >= 15 is 0 Å². The van der Waals surface area contributed by atoms with Gasteiger partial charge in [0.2, 0.25) is 0 Å². The Morgan fingerprint density at radius 1 is 0.604 bits per heavy atom. The summed E-state index contributed by atoms with van der Waals surface area (Å²) in [5.74, 6) is -2.04. The molecular weight excluding hydrogens is 804 g/mol. The van der Waals surface area contributed by atoms with Crippen molar-refractivity contribution in [1.82, 2.24) is 39.0 Å². The first-order valence-corrected chi connectivity index (χ1v) is 21.0. The SMILES string of the molecule is Nc1ncnc2c1ncn2C(CO)OC(CO)COP(=O)(O)OP(=O)(O)CP(=O)(O)OP(=O)(O)OCC(CO)OC(CO)n1cnc2c(N)ncnc21.